The predicted octanol–water partition coefficient (Wildman–Crippen LogP) is 3.04. The first-order chi connectivity index (χ1) is 14.8. The molecule has 0 unspecified atom stereocenters. The minimum atomic E-state index is -3.74. The van der Waals surface area contributed by atoms with Crippen LogP contribution in [0.15, 0.2) is 29.2 Å². The number of aromatic nitrogens is 2. The molecule has 0 aliphatic carbocycles. The lowest BCUT2D eigenvalue weighted by atomic mass is 9.95. The Morgan fingerprint density at radius 1 is 1.00 bits per heavy atom. The first-order valence-electron chi connectivity index (χ1n) is 10.9. The Morgan fingerprint density at radius 3 is 2.23 bits per heavy atom. The van der Waals surface area contributed by atoms with E-state index in [-0.39, 0.29) is 22.5 Å². The second-order valence-electron chi connectivity index (χ2n) is 8.45. The van der Waals surface area contributed by atoms with Crippen molar-refractivity contribution in [1.82, 2.24) is 19.0 Å². The summed E-state index contributed by atoms with van der Waals surface area (Å²) < 4.78 is 43.1. The molecule has 3 heterocycles. The van der Waals surface area contributed by atoms with E-state index in [0.29, 0.717) is 43.0 Å². The number of hydrogen-bond acceptors (Lipinski definition) is 4. The number of benzene rings is 1. The average molecular weight is 449 g/mol. The summed E-state index contributed by atoms with van der Waals surface area (Å²) in [4.78, 5) is 14.9. The number of carbonyl (C=O) groups is 1. The Bertz CT molecular complexity index is 1050. The summed E-state index contributed by atoms with van der Waals surface area (Å²) in [6.45, 7) is 5.67. The van der Waals surface area contributed by atoms with E-state index >= 15 is 0 Å². The van der Waals surface area contributed by atoms with Crippen molar-refractivity contribution < 1.29 is 17.6 Å². The molecule has 1 aromatic heterocycles. The van der Waals surface area contributed by atoms with E-state index < -0.39 is 10.0 Å². The number of sulfonamides is 1. The molecule has 0 atom stereocenters. The van der Waals surface area contributed by atoms with Crippen LogP contribution in [0.3, 0.4) is 0 Å². The second kappa shape index (κ2) is 8.70. The van der Waals surface area contributed by atoms with Crippen molar-refractivity contribution in [2.24, 2.45) is 5.92 Å². The molecular weight excluding hydrogens is 419 g/mol. The van der Waals surface area contributed by atoms with Gasteiger partial charge in [0.15, 0.2) is 0 Å². The van der Waals surface area contributed by atoms with E-state index in [4.69, 9.17) is 0 Å². The van der Waals surface area contributed by atoms with Gasteiger partial charge in [-0.15, -0.1) is 0 Å². The van der Waals surface area contributed by atoms with Crippen molar-refractivity contribution in [3.63, 3.8) is 0 Å². The molecule has 7 nitrogen and oxygen atoms in total. The topological polar surface area (TPSA) is 75.5 Å². The van der Waals surface area contributed by atoms with Gasteiger partial charge in [-0.1, -0.05) is 0 Å². The summed E-state index contributed by atoms with van der Waals surface area (Å²) >= 11 is 0. The van der Waals surface area contributed by atoms with Gasteiger partial charge in [0.1, 0.15) is 10.7 Å². The SMILES string of the molecule is Cc1nn(-c2ccc(F)cc2)c(C)c1S(=O)(=O)N1CCC(C(=O)N2CCCCC2)CC1. The molecule has 2 aliphatic heterocycles. The maximum atomic E-state index is 13.4. The van der Waals surface area contributed by atoms with E-state index in [2.05, 4.69) is 5.10 Å². The van der Waals surface area contributed by atoms with Gasteiger partial charge in [-0.3, -0.25) is 4.79 Å². The molecule has 2 saturated heterocycles. The van der Waals surface area contributed by atoms with E-state index in [0.717, 1.165) is 25.9 Å². The van der Waals surface area contributed by atoms with Crippen LogP contribution >= 0.6 is 0 Å². The van der Waals surface area contributed by atoms with Crippen molar-refractivity contribution in [2.75, 3.05) is 26.2 Å². The molecule has 1 aromatic carbocycles. The van der Waals surface area contributed by atoms with Gasteiger partial charge >= 0.3 is 0 Å². The molecule has 31 heavy (non-hydrogen) atoms. The van der Waals surface area contributed by atoms with Crippen LogP contribution < -0.4 is 0 Å². The van der Waals surface area contributed by atoms with Gasteiger partial charge in [-0.2, -0.15) is 9.40 Å². The number of hydrogen-bond donors (Lipinski definition) is 0. The number of nitrogens with zero attached hydrogens (tertiary/aromatic N) is 4. The number of amides is 1. The summed E-state index contributed by atoms with van der Waals surface area (Å²) in [6, 6.07) is 5.79. The fourth-order valence-electron chi connectivity index (χ4n) is 4.68. The van der Waals surface area contributed by atoms with Crippen LogP contribution in [0.25, 0.3) is 5.69 Å². The van der Waals surface area contributed by atoms with Crippen LogP contribution in [0.4, 0.5) is 4.39 Å². The lowest BCUT2D eigenvalue weighted by Gasteiger charge is -2.35. The third-order valence-electron chi connectivity index (χ3n) is 6.36. The largest absolute Gasteiger partial charge is 0.342 e. The van der Waals surface area contributed by atoms with E-state index in [1.165, 1.54) is 27.5 Å². The maximum Gasteiger partial charge on any atom is 0.246 e. The Labute approximate surface area is 182 Å². The minimum absolute atomic E-state index is 0.103. The third kappa shape index (κ3) is 4.25. The average Bonchev–Trinajstić information content (AvgIpc) is 3.09. The van der Waals surface area contributed by atoms with Crippen molar-refractivity contribution in [1.29, 1.82) is 0 Å². The second-order valence-corrected chi connectivity index (χ2v) is 10.3. The molecule has 2 aromatic rings. The highest BCUT2D eigenvalue weighted by atomic mass is 32.2. The minimum Gasteiger partial charge on any atom is -0.342 e. The number of aryl methyl sites for hydroxylation is 1. The highest BCUT2D eigenvalue weighted by Crippen LogP contribution is 2.30. The van der Waals surface area contributed by atoms with Gasteiger partial charge < -0.3 is 4.90 Å². The van der Waals surface area contributed by atoms with Crippen LogP contribution in [-0.4, -0.2) is 59.5 Å². The third-order valence-corrected chi connectivity index (χ3v) is 8.52. The van der Waals surface area contributed by atoms with Gasteiger partial charge in [0, 0.05) is 32.1 Å². The zero-order valence-electron chi connectivity index (χ0n) is 18.1. The van der Waals surface area contributed by atoms with Crippen LogP contribution in [0.2, 0.25) is 0 Å². The van der Waals surface area contributed by atoms with Gasteiger partial charge in [0.2, 0.25) is 15.9 Å². The molecule has 0 N–H and O–H groups in total. The fourth-order valence-corrected chi connectivity index (χ4v) is 6.50. The number of carbonyl (C=O) groups excluding carboxylic acids is 1. The predicted molar refractivity (Wildman–Crippen MR) is 115 cm³/mol. The Balaban J connectivity index is 1.50. The van der Waals surface area contributed by atoms with Crippen LogP contribution in [0, 0.1) is 25.6 Å². The highest BCUT2D eigenvalue weighted by Gasteiger charge is 2.36. The number of rotatable bonds is 4. The van der Waals surface area contributed by atoms with Gasteiger partial charge in [0.05, 0.1) is 17.1 Å². The molecule has 9 heteroatoms. The summed E-state index contributed by atoms with van der Waals surface area (Å²) in [6.07, 6.45) is 4.35. The summed E-state index contributed by atoms with van der Waals surface area (Å²) in [7, 11) is -3.74. The van der Waals surface area contributed by atoms with Crippen molar-refractivity contribution in [2.45, 2.75) is 50.8 Å². The van der Waals surface area contributed by atoms with E-state index in [9.17, 15) is 17.6 Å². The first-order valence-corrected chi connectivity index (χ1v) is 12.3. The quantitative estimate of drug-likeness (QED) is 0.721. The molecule has 2 aliphatic rings. The summed E-state index contributed by atoms with van der Waals surface area (Å²) in [5.41, 5.74) is 1.51. The molecule has 0 radical (unpaired) electrons. The van der Waals surface area contributed by atoms with Crippen LogP contribution in [0.1, 0.15) is 43.5 Å². The Morgan fingerprint density at radius 2 is 1.61 bits per heavy atom. The lowest BCUT2D eigenvalue weighted by molar-refractivity contribution is -0.137. The van der Waals surface area contributed by atoms with E-state index in [1.807, 2.05) is 4.90 Å². The van der Waals surface area contributed by atoms with E-state index in [1.54, 1.807) is 26.0 Å². The zero-order chi connectivity index (χ0) is 22.2. The van der Waals surface area contributed by atoms with Crippen molar-refractivity contribution in [3.8, 4) is 5.69 Å². The number of likely N-dealkylation sites (tertiary alicyclic amines) is 1. The first kappa shape index (κ1) is 22.0. The molecule has 4 rings (SSSR count). The number of halogens is 1. The molecule has 0 bridgehead atoms. The maximum absolute atomic E-state index is 13.4. The lowest BCUT2D eigenvalue weighted by Crippen LogP contribution is -2.45. The Kier molecular flexibility index (Phi) is 6.16. The van der Waals surface area contributed by atoms with Crippen LogP contribution in [0.5, 0.6) is 0 Å². The molecule has 0 spiro atoms. The van der Waals surface area contributed by atoms with Gasteiger partial charge in [0.25, 0.3) is 0 Å². The summed E-state index contributed by atoms with van der Waals surface area (Å²) in [5, 5.41) is 4.40. The van der Waals surface area contributed by atoms with Gasteiger partial charge in [-0.25, -0.2) is 17.5 Å². The molecule has 2 fully saturated rings. The molecule has 1 amide bonds. The molecule has 0 saturated carbocycles. The molecule has 168 valence electrons. The highest BCUT2D eigenvalue weighted by molar-refractivity contribution is 7.89. The fraction of sp³-hybridized carbons (Fsp3) is 0.545. The van der Waals surface area contributed by atoms with Crippen molar-refractivity contribution >= 4 is 15.9 Å². The molecular formula is C22H29FN4O3S. The summed E-state index contributed by atoms with van der Waals surface area (Å²) in [5.74, 6) is -0.290. The standard InChI is InChI=1S/C22H29FN4O3S/c1-16-21(17(2)27(24-16)20-8-6-19(23)7-9-20)31(29,30)26-14-10-18(11-15-26)22(28)25-12-4-3-5-13-25/h6-9,18H,3-5,10-15H2,1-2H3. The normalized spacial score (nSPS) is 19.0. The monoisotopic (exact) mass is 448 g/mol. The number of piperidine rings is 2. The zero-order valence-corrected chi connectivity index (χ0v) is 18.9. The van der Waals surface area contributed by atoms with Gasteiger partial charge in [-0.05, 0) is 70.2 Å². The Hall–Kier alpha value is -2.26. The smallest absolute Gasteiger partial charge is 0.246 e. The van der Waals surface area contributed by atoms with Crippen LogP contribution in [-0.2, 0) is 14.8 Å². The van der Waals surface area contributed by atoms with Crippen molar-refractivity contribution in [3.05, 3.63) is 41.5 Å².